The van der Waals surface area contributed by atoms with E-state index in [4.69, 9.17) is 4.74 Å². The van der Waals surface area contributed by atoms with Crippen LogP contribution in [-0.4, -0.2) is 56.2 Å². The quantitative estimate of drug-likeness (QED) is 0.671. The topological polar surface area (TPSA) is 102 Å². The molecular formula is C21H22N6O3. The molecule has 3 aromatic rings. The lowest BCUT2D eigenvalue weighted by Gasteiger charge is -2.31. The third-order valence-corrected chi connectivity index (χ3v) is 4.99. The maximum atomic E-state index is 12.6. The number of piperidine rings is 1. The van der Waals surface area contributed by atoms with E-state index in [9.17, 15) is 9.59 Å². The molecule has 0 saturated carbocycles. The molecular weight excluding hydrogens is 384 g/mol. The van der Waals surface area contributed by atoms with Gasteiger partial charge in [-0.05, 0) is 37.1 Å². The monoisotopic (exact) mass is 406 g/mol. The third-order valence-electron chi connectivity index (χ3n) is 4.99. The predicted octanol–water partition coefficient (Wildman–Crippen LogP) is 1.92. The van der Waals surface area contributed by atoms with Crippen LogP contribution in [0.1, 0.15) is 12.8 Å². The van der Waals surface area contributed by atoms with Gasteiger partial charge in [-0.15, -0.1) is 0 Å². The van der Waals surface area contributed by atoms with E-state index in [1.54, 1.807) is 34.2 Å². The molecule has 0 atom stereocenters. The molecule has 0 bridgehead atoms. The zero-order valence-corrected chi connectivity index (χ0v) is 16.3. The summed E-state index contributed by atoms with van der Waals surface area (Å²) >= 11 is 0. The molecule has 2 amide bonds. The number of nitrogens with zero attached hydrogens (tertiary/aromatic N) is 5. The fraction of sp³-hybridized carbons (Fsp3) is 0.286. The van der Waals surface area contributed by atoms with Crippen molar-refractivity contribution < 1.29 is 14.3 Å². The van der Waals surface area contributed by atoms with Crippen molar-refractivity contribution in [2.75, 3.05) is 25.0 Å². The van der Waals surface area contributed by atoms with E-state index in [1.807, 2.05) is 30.3 Å². The first-order valence-corrected chi connectivity index (χ1v) is 9.76. The van der Waals surface area contributed by atoms with Crippen molar-refractivity contribution in [3.05, 3.63) is 61.3 Å². The zero-order valence-electron chi connectivity index (χ0n) is 16.3. The SMILES string of the molecule is O=C(Nc1ccc(-n2cncn2)nc1)C1CCN(C(=O)COc2ccccc2)CC1. The summed E-state index contributed by atoms with van der Waals surface area (Å²) < 4.78 is 7.06. The number of likely N-dealkylation sites (tertiary alicyclic amines) is 1. The number of ether oxygens (including phenoxy) is 1. The van der Waals surface area contributed by atoms with Crippen LogP contribution in [0.3, 0.4) is 0 Å². The maximum absolute atomic E-state index is 12.6. The smallest absolute Gasteiger partial charge is 0.260 e. The van der Waals surface area contributed by atoms with Gasteiger partial charge in [-0.25, -0.2) is 14.6 Å². The molecule has 9 heteroatoms. The van der Waals surface area contributed by atoms with E-state index >= 15 is 0 Å². The number of carbonyl (C=O) groups is 2. The number of carbonyl (C=O) groups excluding carboxylic acids is 2. The normalized spacial score (nSPS) is 14.3. The molecule has 0 radical (unpaired) electrons. The third kappa shape index (κ3) is 4.80. The first-order chi connectivity index (χ1) is 14.7. The summed E-state index contributed by atoms with van der Waals surface area (Å²) in [5, 5.41) is 6.92. The second-order valence-corrected chi connectivity index (χ2v) is 6.99. The second-order valence-electron chi connectivity index (χ2n) is 6.99. The van der Waals surface area contributed by atoms with E-state index in [-0.39, 0.29) is 24.3 Å². The number of para-hydroxylation sites is 1. The van der Waals surface area contributed by atoms with Crippen molar-refractivity contribution in [1.82, 2.24) is 24.6 Å². The van der Waals surface area contributed by atoms with Crippen molar-refractivity contribution >= 4 is 17.5 Å². The highest BCUT2D eigenvalue weighted by Gasteiger charge is 2.27. The Hall–Kier alpha value is -3.75. The van der Waals surface area contributed by atoms with Crippen molar-refractivity contribution in [3.8, 4) is 11.6 Å². The number of nitrogens with one attached hydrogen (secondary N) is 1. The molecule has 1 aliphatic rings. The molecule has 1 fully saturated rings. The molecule has 0 unspecified atom stereocenters. The zero-order chi connectivity index (χ0) is 20.8. The van der Waals surface area contributed by atoms with Crippen LogP contribution < -0.4 is 10.1 Å². The van der Waals surface area contributed by atoms with Gasteiger partial charge in [-0.3, -0.25) is 9.59 Å². The Labute approximate surface area is 173 Å². The largest absolute Gasteiger partial charge is 0.484 e. The lowest BCUT2D eigenvalue weighted by atomic mass is 9.96. The summed E-state index contributed by atoms with van der Waals surface area (Å²) in [5.41, 5.74) is 0.624. The van der Waals surface area contributed by atoms with Gasteiger partial charge >= 0.3 is 0 Å². The van der Waals surface area contributed by atoms with Gasteiger partial charge in [-0.2, -0.15) is 5.10 Å². The highest BCUT2D eigenvalue weighted by Crippen LogP contribution is 2.20. The molecule has 4 rings (SSSR count). The van der Waals surface area contributed by atoms with E-state index in [2.05, 4.69) is 20.4 Å². The van der Waals surface area contributed by atoms with Gasteiger partial charge in [0.2, 0.25) is 5.91 Å². The molecule has 30 heavy (non-hydrogen) atoms. The minimum atomic E-state index is -0.140. The van der Waals surface area contributed by atoms with E-state index in [1.165, 1.54) is 6.33 Å². The number of pyridine rings is 1. The molecule has 0 aliphatic carbocycles. The Balaban J connectivity index is 1.23. The van der Waals surface area contributed by atoms with E-state index in [0.29, 0.717) is 43.2 Å². The first kappa shape index (κ1) is 19.6. The lowest BCUT2D eigenvalue weighted by Crippen LogP contribution is -2.43. The molecule has 3 heterocycles. The Kier molecular flexibility index (Phi) is 5.98. The van der Waals surface area contributed by atoms with Gasteiger partial charge in [-0.1, -0.05) is 18.2 Å². The summed E-state index contributed by atoms with van der Waals surface area (Å²) in [7, 11) is 0. The number of rotatable bonds is 6. The molecule has 1 saturated heterocycles. The summed E-state index contributed by atoms with van der Waals surface area (Å²) in [4.78, 5) is 34.8. The second kappa shape index (κ2) is 9.17. The number of benzene rings is 1. The Bertz CT molecular complexity index is 968. The van der Waals surface area contributed by atoms with Crippen LogP contribution in [0.2, 0.25) is 0 Å². The first-order valence-electron chi connectivity index (χ1n) is 9.76. The predicted molar refractivity (Wildman–Crippen MR) is 109 cm³/mol. The van der Waals surface area contributed by atoms with E-state index in [0.717, 1.165) is 0 Å². The van der Waals surface area contributed by atoms with Crippen molar-refractivity contribution in [2.24, 2.45) is 5.92 Å². The van der Waals surface area contributed by atoms with Crippen molar-refractivity contribution in [1.29, 1.82) is 0 Å². The minimum absolute atomic E-state index is 0.00463. The average molecular weight is 406 g/mol. The number of aromatic nitrogens is 4. The fourth-order valence-corrected chi connectivity index (χ4v) is 3.31. The summed E-state index contributed by atoms with van der Waals surface area (Å²) in [6, 6.07) is 12.8. The van der Waals surface area contributed by atoms with E-state index < -0.39 is 0 Å². The van der Waals surface area contributed by atoms with Crippen molar-refractivity contribution in [2.45, 2.75) is 12.8 Å². The van der Waals surface area contributed by atoms with Gasteiger partial charge in [0.1, 0.15) is 18.4 Å². The molecule has 9 nitrogen and oxygen atoms in total. The maximum Gasteiger partial charge on any atom is 0.260 e. The van der Waals surface area contributed by atoms with Crippen LogP contribution >= 0.6 is 0 Å². The average Bonchev–Trinajstić information content (AvgIpc) is 3.34. The molecule has 2 aromatic heterocycles. The minimum Gasteiger partial charge on any atom is -0.484 e. The van der Waals surface area contributed by atoms with Crippen LogP contribution in [0.25, 0.3) is 5.82 Å². The Morgan fingerprint density at radius 3 is 2.57 bits per heavy atom. The molecule has 1 N–H and O–H groups in total. The van der Waals surface area contributed by atoms with Crippen LogP contribution in [0.4, 0.5) is 5.69 Å². The van der Waals surface area contributed by atoms with Crippen molar-refractivity contribution in [3.63, 3.8) is 0 Å². The van der Waals surface area contributed by atoms with Gasteiger partial charge < -0.3 is 15.0 Å². The molecule has 154 valence electrons. The van der Waals surface area contributed by atoms with Crippen LogP contribution in [0.5, 0.6) is 5.75 Å². The number of hydrogen-bond donors (Lipinski definition) is 1. The number of hydrogen-bond acceptors (Lipinski definition) is 6. The molecule has 1 aromatic carbocycles. The highest BCUT2D eigenvalue weighted by atomic mass is 16.5. The van der Waals surface area contributed by atoms with Gasteiger partial charge in [0.25, 0.3) is 5.91 Å². The van der Waals surface area contributed by atoms with Gasteiger partial charge in [0, 0.05) is 19.0 Å². The molecule has 1 aliphatic heterocycles. The Morgan fingerprint density at radius 1 is 1.10 bits per heavy atom. The van der Waals surface area contributed by atoms with Gasteiger partial charge in [0.15, 0.2) is 12.4 Å². The fourth-order valence-electron chi connectivity index (χ4n) is 3.31. The Morgan fingerprint density at radius 2 is 1.90 bits per heavy atom. The number of amides is 2. The number of anilines is 1. The summed E-state index contributed by atoms with van der Waals surface area (Å²) in [6.45, 7) is 1.09. The highest BCUT2D eigenvalue weighted by molar-refractivity contribution is 5.92. The summed E-state index contributed by atoms with van der Waals surface area (Å²) in [6.07, 6.45) is 5.82. The lowest BCUT2D eigenvalue weighted by molar-refractivity contribution is -0.136. The molecule has 0 spiro atoms. The van der Waals surface area contributed by atoms with Crippen LogP contribution in [-0.2, 0) is 9.59 Å². The summed E-state index contributed by atoms with van der Waals surface area (Å²) in [5.74, 6) is 1.03. The van der Waals surface area contributed by atoms with Crippen LogP contribution in [0.15, 0.2) is 61.3 Å². The standard InChI is InChI=1S/C21H22N6O3/c28-20(13-30-18-4-2-1-3-5-18)26-10-8-16(9-11-26)21(29)25-17-6-7-19(23-12-17)27-15-22-14-24-27/h1-7,12,14-16H,8-11,13H2,(H,25,29). The van der Waals surface area contributed by atoms with Gasteiger partial charge in [0.05, 0.1) is 11.9 Å². The van der Waals surface area contributed by atoms with Crippen LogP contribution in [0, 0.1) is 5.92 Å².